The Morgan fingerprint density at radius 1 is 1.30 bits per heavy atom. The second-order valence-corrected chi connectivity index (χ2v) is 5.87. The van der Waals surface area contributed by atoms with E-state index in [-0.39, 0.29) is 17.9 Å². The average Bonchev–Trinajstić information content (AvgIpc) is 2.53. The maximum absolute atomic E-state index is 12.3. The second-order valence-electron chi connectivity index (χ2n) is 5.87. The van der Waals surface area contributed by atoms with Crippen molar-refractivity contribution in [3.63, 3.8) is 0 Å². The Kier molecular flexibility index (Phi) is 5.98. The first-order valence-corrected chi connectivity index (χ1v) is 7.91. The highest BCUT2D eigenvalue weighted by Gasteiger charge is 2.30. The van der Waals surface area contributed by atoms with Gasteiger partial charge in [0, 0.05) is 26.6 Å². The van der Waals surface area contributed by atoms with E-state index in [4.69, 9.17) is 4.74 Å². The maximum Gasteiger partial charge on any atom is 0.239 e. The van der Waals surface area contributed by atoms with Crippen molar-refractivity contribution >= 4 is 11.8 Å². The van der Waals surface area contributed by atoms with Crippen LogP contribution in [0.25, 0.3) is 0 Å². The number of hydrogen-bond donors (Lipinski definition) is 1. The fraction of sp³-hybridized carbons (Fsp3) is 0.529. The molecular formula is C17H25N3O3. The summed E-state index contributed by atoms with van der Waals surface area (Å²) in [7, 11) is 1.91. The van der Waals surface area contributed by atoms with E-state index in [0.29, 0.717) is 32.8 Å². The lowest BCUT2D eigenvalue weighted by Gasteiger charge is -2.38. The van der Waals surface area contributed by atoms with Gasteiger partial charge in [-0.05, 0) is 25.6 Å². The maximum atomic E-state index is 12.3. The zero-order valence-electron chi connectivity index (χ0n) is 14.0. The quantitative estimate of drug-likeness (QED) is 0.810. The van der Waals surface area contributed by atoms with Crippen molar-refractivity contribution in [2.45, 2.75) is 19.9 Å². The molecule has 1 aromatic carbocycles. The SMILES string of the molecule is CC(=O)N1CCN(C)C(C(=O)NCCOc2ccccc2C)C1. The highest BCUT2D eigenvalue weighted by Crippen LogP contribution is 2.15. The number of nitrogens with one attached hydrogen (secondary N) is 1. The molecule has 126 valence electrons. The molecule has 6 nitrogen and oxygen atoms in total. The smallest absolute Gasteiger partial charge is 0.239 e. The summed E-state index contributed by atoms with van der Waals surface area (Å²) in [6.07, 6.45) is 0. The van der Waals surface area contributed by atoms with Gasteiger partial charge in [-0.2, -0.15) is 0 Å². The van der Waals surface area contributed by atoms with Crippen LogP contribution in [0.5, 0.6) is 5.75 Å². The predicted molar refractivity (Wildman–Crippen MR) is 88.4 cm³/mol. The Bertz CT molecular complexity index is 562. The van der Waals surface area contributed by atoms with E-state index in [1.807, 2.05) is 43.1 Å². The zero-order valence-corrected chi connectivity index (χ0v) is 14.0. The number of benzene rings is 1. The minimum absolute atomic E-state index is 0.0128. The van der Waals surface area contributed by atoms with Crippen molar-refractivity contribution in [3.05, 3.63) is 29.8 Å². The Labute approximate surface area is 137 Å². The summed E-state index contributed by atoms with van der Waals surface area (Å²) in [6.45, 7) is 6.21. The van der Waals surface area contributed by atoms with E-state index in [0.717, 1.165) is 11.3 Å². The lowest BCUT2D eigenvalue weighted by atomic mass is 10.1. The van der Waals surface area contributed by atoms with E-state index in [1.165, 1.54) is 6.92 Å². The van der Waals surface area contributed by atoms with Crippen LogP contribution in [0.2, 0.25) is 0 Å². The van der Waals surface area contributed by atoms with E-state index in [9.17, 15) is 9.59 Å². The van der Waals surface area contributed by atoms with Crippen LogP contribution in [0.15, 0.2) is 24.3 Å². The summed E-state index contributed by atoms with van der Waals surface area (Å²) in [5.74, 6) is 0.782. The van der Waals surface area contributed by atoms with Crippen molar-refractivity contribution in [1.29, 1.82) is 0 Å². The second kappa shape index (κ2) is 7.97. The van der Waals surface area contributed by atoms with Gasteiger partial charge in [0.1, 0.15) is 18.4 Å². The molecule has 1 saturated heterocycles. The summed E-state index contributed by atoms with van der Waals surface area (Å²) in [6, 6.07) is 7.49. The Morgan fingerprint density at radius 3 is 2.74 bits per heavy atom. The molecule has 0 saturated carbocycles. The normalized spacial score (nSPS) is 18.6. The fourth-order valence-electron chi connectivity index (χ4n) is 2.61. The average molecular weight is 319 g/mol. The summed E-state index contributed by atoms with van der Waals surface area (Å²) in [5.41, 5.74) is 1.07. The van der Waals surface area contributed by atoms with Gasteiger partial charge in [-0.1, -0.05) is 18.2 Å². The van der Waals surface area contributed by atoms with Gasteiger partial charge in [0.2, 0.25) is 11.8 Å². The molecule has 0 aromatic heterocycles. The first kappa shape index (κ1) is 17.3. The first-order valence-electron chi connectivity index (χ1n) is 7.91. The summed E-state index contributed by atoms with van der Waals surface area (Å²) in [5, 5.41) is 2.89. The molecule has 2 amide bonds. The standard InChI is InChI=1S/C17H25N3O3/c1-13-6-4-5-7-16(13)23-11-8-18-17(22)15-12-20(14(2)21)10-9-19(15)3/h4-7,15H,8-12H2,1-3H3,(H,18,22). The molecule has 1 unspecified atom stereocenters. The highest BCUT2D eigenvalue weighted by atomic mass is 16.5. The number of hydrogen-bond acceptors (Lipinski definition) is 4. The van der Waals surface area contributed by atoms with Crippen molar-refractivity contribution in [2.24, 2.45) is 0 Å². The number of aryl methyl sites for hydroxylation is 1. The lowest BCUT2D eigenvalue weighted by molar-refractivity contribution is -0.135. The minimum Gasteiger partial charge on any atom is -0.491 e. The van der Waals surface area contributed by atoms with Crippen LogP contribution >= 0.6 is 0 Å². The number of piperazine rings is 1. The third kappa shape index (κ3) is 4.69. The Balaban J connectivity index is 1.77. The molecule has 0 radical (unpaired) electrons. The van der Waals surface area contributed by atoms with Crippen LogP contribution in [0.3, 0.4) is 0 Å². The number of amides is 2. The zero-order chi connectivity index (χ0) is 16.8. The number of nitrogens with zero attached hydrogens (tertiary/aromatic N) is 2. The van der Waals surface area contributed by atoms with Gasteiger partial charge >= 0.3 is 0 Å². The number of rotatable bonds is 5. The Hall–Kier alpha value is -2.08. The van der Waals surface area contributed by atoms with Crippen LogP contribution in [-0.4, -0.2) is 67.5 Å². The van der Waals surface area contributed by atoms with Gasteiger partial charge in [-0.25, -0.2) is 0 Å². The molecule has 0 spiro atoms. The predicted octanol–water partition coefficient (Wildman–Crippen LogP) is 0.653. The molecule has 1 atom stereocenters. The molecular weight excluding hydrogens is 294 g/mol. The first-order chi connectivity index (χ1) is 11.0. The van der Waals surface area contributed by atoms with Crippen LogP contribution < -0.4 is 10.1 Å². The molecule has 1 aromatic rings. The van der Waals surface area contributed by atoms with Crippen molar-refractivity contribution in [2.75, 3.05) is 39.8 Å². The van der Waals surface area contributed by atoms with E-state index < -0.39 is 0 Å². The largest absolute Gasteiger partial charge is 0.491 e. The van der Waals surface area contributed by atoms with Gasteiger partial charge in [0.15, 0.2) is 0 Å². The summed E-state index contributed by atoms with van der Waals surface area (Å²) in [4.78, 5) is 27.5. The minimum atomic E-state index is -0.300. The number of ether oxygens (including phenoxy) is 1. The van der Waals surface area contributed by atoms with Crippen molar-refractivity contribution < 1.29 is 14.3 Å². The molecule has 1 aliphatic rings. The topological polar surface area (TPSA) is 61.9 Å². The van der Waals surface area contributed by atoms with Crippen LogP contribution in [0.4, 0.5) is 0 Å². The molecule has 1 fully saturated rings. The molecule has 23 heavy (non-hydrogen) atoms. The third-order valence-corrected chi connectivity index (χ3v) is 4.15. The third-order valence-electron chi connectivity index (χ3n) is 4.15. The number of carbonyl (C=O) groups excluding carboxylic acids is 2. The van der Waals surface area contributed by atoms with Crippen LogP contribution in [0.1, 0.15) is 12.5 Å². The van der Waals surface area contributed by atoms with Gasteiger partial charge in [0.25, 0.3) is 0 Å². The number of likely N-dealkylation sites (N-methyl/N-ethyl adjacent to an activating group) is 1. The van der Waals surface area contributed by atoms with Crippen molar-refractivity contribution in [1.82, 2.24) is 15.1 Å². The molecule has 1 heterocycles. The molecule has 0 aliphatic carbocycles. The van der Waals surface area contributed by atoms with E-state index in [1.54, 1.807) is 4.90 Å². The van der Waals surface area contributed by atoms with E-state index >= 15 is 0 Å². The van der Waals surface area contributed by atoms with E-state index in [2.05, 4.69) is 5.32 Å². The summed E-state index contributed by atoms with van der Waals surface area (Å²) >= 11 is 0. The summed E-state index contributed by atoms with van der Waals surface area (Å²) < 4.78 is 5.67. The van der Waals surface area contributed by atoms with Gasteiger partial charge < -0.3 is 15.0 Å². The lowest BCUT2D eigenvalue weighted by Crippen LogP contribution is -2.58. The molecule has 1 aliphatic heterocycles. The highest BCUT2D eigenvalue weighted by molar-refractivity contribution is 5.83. The molecule has 2 rings (SSSR count). The van der Waals surface area contributed by atoms with Gasteiger partial charge in [0.05, 0.1) is 6.54 Å². The van der Waals surface area contributed by atoms with Crippen LogP contribution in [0, 0.1) is 6.92 Å². The number of carbonyl (C=O) groups is 2. The van der Waals surface area contributed by atoms with Gasteiger partial charge in [-0.15, -0.1) is 0 Å². The molecule has 6 heteroatoms. The van der Waals surface area contributed by atoms with Gasteiger partial charge in [-0.3, -0.25) is 14.5 Å². The Morgan fingerprint density at radius 2 is 2.04 bits per heavy atom. The molecule has 0 bridgehead atoms. The fourth-order valence-corrected chi connectivity index (χ4v) is 2.61. The molecule has 1 N–H and O–H groups in total. The van der Waals surface area contributed by atoms with Crippen LogP contribution in [-0.2, 0) is 9.59 Å². The monoisotopic (exact) mass is 319 g/mol. The number of para-hydroxylation sites is 1. The van der Waals surface area contributed by atoms with Crippen molar-refractivity contribution in [3.8, 4) is 5.75 Å².